The molecule has 1 atom stereocenters. The molecule has 0 bridgehead atoms. The molecule has 1 N–H and O–H groups in total. The molecule has 0 saturated heterocycles. The van der Waals surface area contributed by atoms with Crippen molar-refractivity contribution in [2.75, 3.05) is 25.0 Å². The molecule has 1 aromatic heterocycles. The minimum absolute atomic E-state index is 0.372. The van der Waals surface area contributed by atoms with Crippen LogP contribution in [-0.4, -0.2) is 25.1 Å². The number of hydrogen-bond donors (Lipinski definition) is 1. The van der Waals surface area contributed by atoms with Gasteiger partial charge in [-0.15, -0.1) is 0 Å². The lowest BCUT2D eigenvalue weighted by atomic mass is 10.1. The van der Waals surface area contributed by atoms with Crippen LogP contribution in [0, 0.1) is 5.92 Å². The summed E-state index contributed by atoms with van der Waals surface area (Å²) in [6.45, 7) is 10.7. The maximum atomic E-state index is 4.52. The Kier molecular flexibility index (Phi) is 5.42. The Labute approximate surface area is 105 Å². The Bertz CT molecular complexity index is 319. The van der Waals surface area contributed by atoms with Crippen LogP contribution in [0.25, 0.3) is 0 Å². The summed E-state index contributed by atoms with van der Waals surface area (Å²) in [4.78, 5) is 6.72. The lowest BCUT2D eigenvalue weighted by Crippen LogP contribution is -2.23. The smallest absolute Gasteiger partial charge is 0.128 e. The highest BCUT2D eigenvalue weighted by molar-refractivity contribution is 5.38. The first-order valence-corrected chi connectivity index (χ1v) is 6.45. The van der Waals surface area contributed by atoms with Gasteiger partial charge in [0.05, 0.1) is 0 Å². The maximum absolute atomic E-state index is 4.52. The van der Waals surface area contributed by atoms with Gasteiger partial charge in [0.1, 0.15) is 5.82 Å². The van der Waals surface area contributed by atoms with Crippen LogP contribution in [0.4, 0.5) is 5.82 Å². The van der Waals surface area contributed by atoms with Crippen molar-refractivity contribution >= 4 is 5.82 Å². The highest BCUT2D eigenvalue weighted by atomic mass is 15.2. The van der Waals surface area contributed by atoms with E-state index >= 15 is 0 Å². The molecule has 0 radical (unpaired) electrons. The van der Waals surface area contributed by atoms with Crippen molar-refractivity contribution in [1.82, 2.24) is 10.3 Å². The van der Waals surface area contributed by atoms with Gasteiger partial charge < -0.3 is 10.2 Å². The average Bonchev–Trinajstić information content (AvgIpc) is 2.28. The lowest BCUT2D eigenvalue weighted by molar-refractivity contribution is 0.595. The van der Waals surface area contributed by atoms with E-state index in [0.29, 0.717) is 12.0 Å². The minimum atomic E-state index is 0.372. The van der Waals surface area contributed by atoms with Crippen LogP contribution >= 0.6 is 0 Å². The molecule has 1 aromatic rings. The van der Waals surface area contributed by atoms with E-state index in [1.165, 1.54) is 5.56 Å². The summed E-state index contributed by atoms with van der Waals surface area (Å²) in [6, 6.07) is 4.63. The summed E-state index contributed by atoms with van der Waals surface area (Å²) >= 11 is 0. The number of nitrogens with zero attached hydrogens (tertiary/aromatic N) is 2. The third-order valence-electron chi connectivity index (χ3n) is 2.81. The predicted octanol–water partition coefficient (Wildman–Crippen LogP) is 2.84. The quantitative estimate of drug-likeness (QED) is 0.822. The molecule has 0 aliphatic carbocycles. The van der Waals surface area contributed by atoms with Crippen molar-refractivity contribution in [2.24, 2.45) is 5.92 Å². The van der Waals surface area contributed by atoms with Gasteiger partial charge in [0.25, 0.3) is 0 Å². The highest BCUT2D eigenvalue weighted by Crippen LogP contribution is 2.15. The summed E-state index contributed by atoms with van der Waals surface area (Å²) < 4.78 is 0. The third kappa shape index (κ3) is 4.35. The fourth-order valence-electron chi connectivity index (χ4n) is 1.94. The summed E-state index contributed by atoms with van der Waals surface area (Å²) in [5.41, 5.74) is 1.24. The number of anilines is 1. The average molecular weight is 235 g/mol. The summed E-state index contributed by atoms with van der Waals surface area (Å²) in [7, 11) is 2.09. The fraction of sp³-hybridized carbons (Fsp3) is 0.643. The van der Waals surface area contributed by atoms with Crippen molar-refractivity contribution in [3.05, 3.63) is 23.9 Å². The van der Waals surface area contributed by atoms with E-state index in [1.54, 1.807) is 0 Å². The molecule has 0 aliphatic rings. The predicted molar refractivity (Wildman–Crippen MR) is 74.4 cm³/mol. The van der Waals surface area contributed by atoms with Crippen LogP contribution in [0.1, 0.15) is 39.3 Å². The van der Waals surface area contributed by atoms with E-state index in [0.717, 1.165) is 18.9 Å². The van der Waals surface area contributed by atoms with Gasteiger partial charge >= 0.3 is 0 Å². The molecule has 1 heterocycles. The van der Waals surface area contributed by atoms with E-state index < -0.39 is 0 Å². The van der Waals surface area contributed by atoms with Crippen molar-refractivity contribution < 1.29 is 0 Å². The first-order valence-electron chi connectivity index (χ1n) is 6.45. The zero-order valence-electron chi connectivity index (χ0n) is 11.7. The highest BCUT2D eigenvalue weighted by Gasteiger charge is 2.07. The van der Waals surface area contributed by atoms with Crippen LogP contribution in [-0.2, 0) is 0 Å². The number of pyridine rings is 1. The summed E-state index contributed by atoms with van der Waals surface area (Å²) in [5.74, 6) is 1.70. The number of nitrogens with one attached hydrogen (secondary N) is 1. The topological polar surface area (TPSA) is 28.2 Å². The number of rotatable bonds is 6. The molecule has 0 amide bonds. The van der Waals surface area contributed by atoms with E-state index in [-0.39, 0.29) is 0 Å². The minimum Gasteiger partial charge on any atom is -0.359 e. The molecule has 1 rings (SSSR count). The molecule has 0 saturated carbocycles. The van der Waals surface area contributed by atoms with Crippen LogP contribution in [0.2, 0.25) is 0 Å². The van der Waals surface area contributed by atoms with Gasteiger partial charge in [0.15, 0.2) is 0 Å². The van der Waals surface area contributed by atoms with Gasteiger partial charge in [-0.05, 0) is 31.0 Å². The normalized spacial score (nSPS) is 12.8. The Hall–Kier alpha value is -1.09. The van der Waals surface area contributed by atoms with Gasteiger partial charge in [0, 0.05) is 25.8 Å². The summed E-state index contributed by atoms with van der Waals surface area (Å²) in [6.07, 6.45) is 1.97. The molecule has 96 valence electrons. The van der Waals surface area contributed by atoms with Gasteiger partial charge in [-0.2, -0.15) is 0 Å². The van der Waals surface area contributed by atoms with E-state index in [4.69, 9.17) is 0 Å². The maximum Gasteiger partial charge on any atom is 0.128 e. The zero-order valence-corrected chi connectivity index (χ0v) is 11.7. The van der Waals surface area contributed by atoms with E-state index in [1.807, 2.05) is 6.20 Å². The molecule has 0 fully saturated rings. The first-order chi connectivity index (χ1) is 8.04. The van der Waals surface area contributed by atoms with Crippen LogP contribution in [0.15, 0.2) is 18.3 Å². The Balaban J connectivity index is 2.67. The number of hydrogen-bond acceptors (Lipinski definition) is 3. The van der Waals surface area contributed by atoms with Crippen LogP contribution < -0.4 is 10.2 Å². The van der Waals surface area contributed by atoms with Gasteiger partial charge in [0.2, 0.25) is 0 Å². The molecule has 0 aliphatic heterocycles. The molecular weight excluding hydrogens is 210 g/mol. The SMILES string of the molecule is CCNC(C)c1ccc(N(C)CC(C)C)nc1. The summed E-state index contributed by atoms with van der Waals surface area (Å²) in [5, 5.41) is 3.39. The monoisotopic (exact) mass is 235 g/mol. The second-order valence-electron chi connectivity index (χ2n) is 5.00. The van der Waals surface area contributed by atoms with Crippen molar-refractivity contribution in [3.8, 4) is 0 Å². The third-order valence-corrected chi connectivity index (χ3v) is 2.81. The van der Waals surface area contributed by atoms with E-state index in [2.05, 4.69) is 62.1 Å². The Morgan fingerprint density at radius 3 is 2.47 bits per heavy atom. The second-order valence-corrected chi connectivity index (χ2v) is 5.00. The molecule has 0 aromatic carbocycles. The van der Waals surface area contributed by atoms with Gasteiger partial charge in [-0.1, -0.05) is 26.8 Å². The molecule has 0 spiro atoms. The van der Waals surface area contributed by atoms with Crippen LogP contribution in [0.5, 0.6) is 0 Å². The zero-order chi connectivity index (χ0) is 12.8. The Morgan fingerprint density at radius 2 is 2.00 bits per heavy atom. The van der Waals surface area contributed by atoms with Crippen molar-refractivity contribution in [3.63, 3.8) is 0 Å². The van der Waals surface area contributed by atoms with Crippen molar-refractivity contribution in [2.45, 2.75) is 33.7 Å². The fourth-order valence-corrected chi connectivity index (χ4v) is 1.94. The molecule has 17 heavy (non-hydrogen) atoms. The van der Waals surface area contributed by atoms with Gasteiger partial charge in [-0.3, -0.25) is 0 Å². The van der Waals surface area contributed by atoms with Gasteiger partial charge in [-0.25, -0.2) is 4.98 Å². The second kappa shape index (κ2) is 6.60. The Morgan fingerprint density at radius 1 is 1.29 bits per heavy atom. The largest absolute Gasteiger partial charge is 0.359 e. The molecule has 3 nitrogen and oxygen atoms in total. The standard InChI is InChI=1S/C14H25N3/c1-6-15-12(4)13-7-8-14(16-9-13)17(5)10-11(2)3/h7-9,11-12,15H,6,10H2,1-5H3. The molecule has 3 heteroatoms. The van der Waals surface area contributed by atoms with Crippen molar-refractivity contribution in [1.29, 1.82) is 0 Å². The van der Waals surface area contributed by atoms with E-state index in [9.17, 15) is 0 Å². The molecule has 1 unspecified atom stereocenters. The first kappa shape index (κ1) is 14.0. The molecular formula is C14H25N3. The van der Waals surface area contributed by atoms with Crippen LogP contribution in [0.3, 0.4) is 0 Å². The number of aromatic nitrogens is 1. The lowest BCUT2D eigenvalue weighted by Gasteiger charge is -2.21.